The molecule has 0 saturated carbocycles. The molecule has 0 bridgehead atoms. The lowest BCUT2D eigenvalue weighted by Crippen LogP contribution is -1.92. The molecule has 2 rings (SSSR count). The van der Waals surface area contributed by atoms with Gasteiger partial charge in [-0.05, 0) is 30.7 Å². The summed E-state index contributed by atoms with van der Waals surface area (Å²) in [5.41, 5.74) is 0. The molecule has 0 radical (unpaired) electrons. The first-order chi connectivity index (χ1) is 7.38. The molecule has 0 N–H and O–H groups in total. The van der Waals surface area contributed by atoms with E-state index in [1.165, 1.54) is 9.75 Å². The molecule has 0 fully saturated rings. The van der Waals surface area contributed by atoms with Crippen molar-refractivity contribution in [3.8, 4) is 5.75 Å². The van der Waals surface area contributed by atoms with Crippen LogP contribution in [0.15, 0.2) is 36.7 Å². The van der Waals surface area contributed by atoms with Crippen molar-refractivity contribution in [2.45, 2.75) is 20.0 Å². The van der Waals surface area contributed by atoms with Crippen molar-refractivity contribution in [2.24, 2.45) is 0 Å². The van der Waals surface area contributed by atoms with Gasteiger partial charge in [0, 0.05) is 16.0 Å². The molecule has 0 spiro atoms. The van der Waals surface area contributed by atoms with Gasteiger partial charge in [-0.2, -0.15) is 0 Å². The predicted molar refractivity (Wildman–Crippen MR) is 62.3 cm³/mol. The van der Waals surface area contributed by atoms with Gasteiger partial charge in [0.2, 0.25) is 0 Å². The molecule has 78 valence electrons. The highest BCUT2D eigenvalue weighted by Crippen LogP contribution is 2.19. The summed E-state index contributed by atoms with van der Waals surface area (Å²) in [7, 11) is 0. The molecule has 2 heterocycles. The maximum Gasteiger partial charge on any atom is 0.138 e. The zero-order valence-electron chi connectivity index (χ0n) is 8.64. The molecule has 2 aromatic heterocycles. The standard InChI is InChI=1S/C12H13NOS/c1-2-11-5-6-12(15-11)9-14-10-4-3-7-13-8-10/h3-8H,2,9H2,1H3. The lowest BCUT2D eigenvalue weighted by atomic mass is 10.4. The smallest absolute Gasteiger partial charge is 0.138 e. The Kier molecular flexibility index (Phi) is 3.35. The lowest BCUT2D eigenvalue weighted by molar-refractivity contribution is 0.308. The van der Waals surface area contributed by atoms with Gasteiger partial charge in [0.05, 0.1) is 6.20 Å². The van der Waals surface area contributed by atoms with E-state index in [0.29, 0.717) is 6.61 Å². The Bertz CT molecular complexity index is 411. The fraction of sp³-hybridized carbons (Fsp3) is 0.250. The minimum Gasteiger partial charge on any atom is -0.486 e. The van der Waals surface area contributed by atoms with Gasteiger partial charge in [-0.25, -0.2) is 0 Å². The van der Waals surface area contributed by atoms with Gasteiger partial charge in [0.15, 0.2) is 0 Å². The van der Waals surface area contributed by atoms with Crippen molar-refractivity contribution in [3.05, 3.63) is 46.4 Å². The third kappa shape index (κ3) is 2.80. The van der Waals surface area contributed by atoms with Crippen molar-refractivity contribution in [2.75, 3.05) is 0 Å². The zero-order chi connectivity index (χ0) is 10.5. The third-order valence-corrected chi connectivity index (χ3v) is 3.28. The maximum absolute atomic E-state index is 5.60. The van der Waals surface area contributed by atoms with E-state index in [9.17, 15) is 0 Å². The van der Waals surface area contributed by atoms with Crippen molar-refractivity contribution in [1.82, 2.24) is 4.98 Å². The first kappa shape index (κ1) is 10.2. The molecule has 2 aromatic rings. The molecule has 0 aliphatic heterocycles. The Hall–Kier alpha value is -1.35. The van der Waals surface area contributed by atoms with Crippen LogP contribution in [0.1, 0.15) is 16.7 Å². The van der Waals surface area contributed by atoms with Crippen molar-refractivity contribution in [3.63, 3.8) is 0 Å². The van der Waals surface area contributed by atoms with Crippen LogP contribution in [0, 0.1) is 0 Å². The number of thiophene rings is 1. The SMILES string of the molecule is CCc1ccc(COc2cccnc2)s1. The van der Waals surface area contributed by atoms with Crippen LogP contribution in [0.2, 0.25) is 0 Å². The molecule has 15 heavy (non-hydrogen) atoms. The van der Waals surface area contributed by atoms with E-state index in [1.807, 2.05) is 12.1 Å². The van der Waals surface area contributed by atoms with E-state index in [2.05, 4.69) is 24.0 Å². The number of hydrogen-bond donors (Lipinski definition) is 0. The topological polar surface area (TPSA) is 22.1 Å². The minimum absolute atomic E-state index is 0.635. The Balaban J connectivity index is 1.93. The summed E-state index contributed by atoms with van der Waals surface area (Å²) >= 11 is 1.81. The van der Waals surface area contributed by atoms with E-state index in [1.54, 1.807) is 23.7 Å². The van der Waals surface area contributed by atoms with E-state index in [0.717, 1.165) is 12.2 Å². The highest BCUT2D eigenvalue weighted by atomic mass is 32.1. The number of pyridine rings is 1. The highest BCUT2D eigenvalue weighted by molar-refractivity contribution is 7.11. The molecule has 0 aromatic carbocycles. The van der Waals surface area contributed by atoms with E-state index in [-0.39, 0.29) is 0 Å². The van der Waals surface area contributed by atoms with Crippen LogP contribution < -0.4 is 4.74 Å². The third-order valence-electron chi connectivity index (χ3n) is 2.08. The second kappa shape index (κ2) is 4.94. The van der Waals surface area contributed by atoms with Crippen molar-refractivity contribution in [1.29, 1.82) is 0 Å². The fourth-order valence-corrected chi connectivity index (χ4v) is 2.15. The summed E-state index contributed by atoms with van der Waals surface area (Å²) in [6.07, 6.45) is 4.57. The Morgan fingerprint density at radius 1 is 1.27 bits per heavy atom. The quantitative estimate of drug-likeness (QED) is 0.787. The van der Waals surface area contributed by atoms with E-state index in [4.69, 9.17) is 4.74 Å². The fourth-order valence-electron chi connectivity index (χ4n) is 1.28. The van der Waals surface area contributed by atoms with Gasteiger partial charge in [0.1, 0.15) is 12.4 Å². The van der Waals surface area contributed by atoms with Crippen LogP contribution in [-0.2, 0) is 13.0 Å². The van der Waals surface area contributed by atoms with Gasteiger partial charge in [-0.1, -0.05) is 6.92 Å². The zero-order valence-corrected chi connectivity index (χ0v) is 9.46. The van der Waals surface area contributed by atoms with Crippen LogP contribution in [-0.4, -0.2) is 4.98 Å². The van der Waals surface area contributed by atoms with Crippen LogP contribution in [0.25, 0.3) is 0 Å². The monoisotopic (exact) mass is 219 g/mol. The van der Waals surface area contributed by atoms with Gasteiger partial charge in [-0.3, -0.25) is 4.98 Å². The molecule has 3 heteroatoms. The lowest BCUT2D eigenvalue weighted by Gasteiger charge is -2.02. The Morgan fingerprint density at radius 3 is 2.80 bits per heavy atom. The van der Waals surface area contributed by atoms with Crippen LogP contribution >= 0.6 is 11.3 Å². The van der Waals surface area contributed by atoms with E-state index >= 15 is 0 Å². The van der Waals surface area contributed by atoms with Crippen LogP contribution in [0.5, 0.6) is 5.75 Å². The minimum atomic E-state index is 0.635. The molecule has 0 unspecified atom stereocenters. The number of aromatic nitrogens is 1. The number of hydrogen-bond acceptors (Lipinski definition) is 3. The molecule has 0 aliphatic rings. The van der Waals surface area contributed by atoms with Crippen LogP contribution in [0.3, 0.4) is 0 Å². The molecule has 0 aliphatic carbocycles. The molecule has 0 atom stereocenters. The first-order valence-electron chi connectivity index (χ1n) is 4.99. The molecule has 0 amide bonds. The van der Waals surface area contributed by atoms with Crippen LogP contribution in [0.4, 0.5) is 0 Å². The molecule has 0 saturated heterocycles. The highest BCUT2D eigenvalue weighted by Gasteiger charge is 1.99. The summed E-state index contributed by atoms with van der Waals surface area (Å²) in [5, 5.41) is 0. The molecular weight excluding hydrogens is 206 g/mol. The van der Waals surface area contributed by atoms with Gasteiger partial charge >= 0.3 is 0 Å². The number of rotatable bonds is 4. The summed E-state index contributed by atoms with van der Waals surface area (Å²) in [6, 6.07) is 8.08. The maximum atomic E-state index is 5.60. The molecule has 2 nitrogen and oxygen atoms in total. The second-order valence-corrected chi connectivity index (χ2v) is 4.45. The van der Waals surface area contributed by atoms with E-state index < -0.39 is 0 Å². The average Bonchev–Trinajstić information content (AvgIpc) is 2.76. The normalized spacial score (nSPS) is 10.2. The van der Waals surface area contributed by atoms with Gasteiger partial charge < -0.3 is 4.74 Å². The van der Waals surface area contributed by atoms with Crippen molar-refractivity contribution < 1.29 is 4.74 Å². The summed E-state index contributed by atoms with van der Waals surface area (Å²) in [4.78, 5) is 6.66. The second-order valence-electron chi connectivity index (χ2n) is 3.20. The number of ether oxygens (including phenoxy) is 1. The van der Waals surface area contributed by atoms with Gasteiger partial charge in [0.25, 0.3) is 0 Å². The Morgan fingerprint density at radius 2 is 2.13 bits per heavy atom. The molecular formula is C12H13NOS. The summed E-state index contributed by atoms with van der Waals surface area (Å²) < 4.78 is 5.60. The average molecular weight is 219 g/mol. The summed E-state index contributed by atoms with van der Waals surface area (Å²) in [5.74, 6) is 0.823. The largest absolute Gasteiger partial charge is 0.486 e. The Labute approximate surface area is 93.6 Å². The predicted octanol–water partition coefficient (Wildman–Crippen LogP) is 3.28. The summed E-state index contributed by atoms with van der Waals surface area (Å²) in [6.45, 7) is 2.80. The van der Waals surface area contributed by atoms with Gasteiger partial charge in [-0.15, -0.1) is 11.3 Å². The van der Waals surface area contributed by atoms with Crippen molar-refractivity contribution >= 4 is 11.3 Å². The number of nitrogens with zero attached hydrogens (tertiary/aromatic N) is 1. The number of aryl methyl sites for hydroxylation is 1. The first-order valence-corrected chi connectivity index (χ1v) is 5.80.